The molecule has 0 aromatic carbocycles. The van der Waals surface area contributed by atoms with Crippen molar-refractivity contribution in [3.05, 3.63) is 11.4 Å². The fraction of sp³-hybridized carbons (Fsp3) is 0.692. The number of nitrogens with one attached hydrogen (secondary N) is 2. The highest BCUT2D eigenvalue weighted by atomic mass is 32.2. The molecular formula is C13H22N4O2S. The average molecular weight is 298 g/mol. The molecule has 7 heteroatoms. The van der Waals surface area contributed by atoms with E-state index in [1.807, 2.05) is 20.8 Å². The van der Waals surface area contributed by atoms with Gasteiger partial charge in [-0.25, -0.2) is 18.4 Å². The summed E-state index contributed by atoms with van der Waals surface area (Å²) in [6.07, 6.45) is 1.39. The Kier molecular flexibility index (Phi) is 4.47. The molecule has 0 radical (unpaired) electrons. The largest absolute Gasteiger partial charge is 0.370 e. The van der Waals surface area contributed by atoms with Crippen LogP contribution in [-0.2, 0) is 16.3 Å². The summed E-state index contributed by atoms with van der Waals surface area (Å²) in [7, 11) is -2.89. The van der Waals surface area contributed by atoms with Crippen molar-refractivity contribution in [1.29, 1.82) is 0 Å². The van der Waals surface area contributed by atoms with Gasteiger partial charge >= 0.3 is 0 Å². The first-order chi connectivity index (χ1) is 9.45. The standard InChI is InChI=1S/C13H22N4O2S/c1-4-11-16-12(14-5-2)9(3)13(17-11)15-10-6-7-20(18,19)8-10/h10H,4-8H2,1-3H3,(H2,14,15,16,17). The van der Waals surface area contributed by atoms with Crippen molar-refractivity contribution in [2.75, 3.05) is 28.7 Å². The fourth-order valence-corrected chi connectivity index (χ4v) is 3.98. The minimum Gasteiger partial charge on any atom is -0.370 e. The number of hydrogen-bond donors (Lipinski definition) is 2. The van der Waals surface area contributed by atoms with Crippen LogP contribution < -0.4 is 10.6 Å². The summed E-state index contributed by atoms with van der Waals surface area (Å²) >= 11 is 0. The van der Waals surface area contributed by atoms with Crippen LogP contribution in [-0.4, -0.2) is 42.5 Å². The molecule has 1 atom stereocenters. The maximum atomic E-state index is 11.5. The molecule has 2 N–H and O–H groups in total. The van der Waals surface area contributed by atoms with E-state index in [0.29, 0.717) is 6.42 Å². The van der Waals surface area contributed by atoms with E-state index >= 15 is 0 Å². The van der Waals surface area contributed by atoms with Crippen molar-refractivity contribution < 1.29 is 8.42 Å². The van der Waals surface area contributed by atoms with Gasteiger partial charge in [-0.3, -0.25) is 0 Å². The van der Waals surface area contributed by atoms with Gasteiger partial charge in [0, 0.05) is 24.6 Å². The van der Waals surface area contributed by atoms with Crippen LogP contribution in [0.1, 0.15) is 31.7 Å². The van der Waals surface area contributed by atoms with Gasteiger partial charge in [0.15, 0.2) is 9.84 Å². The molecule has 1 aromatic heterocycles. The van der Waals surface area contributed by atoms with Gasteiger partial charge in [0.1, 0.15) is 17.5 Å². The normalized spacial score (nSPS) is 20.9. The van der Waals surface area contributed by atoms with Crippen LogP contribution in [0.2, 0.25) is 0 Å². The second-order valence-electron chi connectivity index (χ2n) is 5.09. The summed E-state index contributed by atoms with van der Waals surface area (Å²) in [4.78, 5) is 8.95. The van der Waals surface area contributed by atoms with E-state index in [9.17, 15) is 8.42 Å². The summed E-state index contributed by atoms with van der Waals surface area (Å²) < 4.78 is 23.0. The quantitative estimate of drug-likeness (QED) is 0.854. The lowest BCUT2D eigenvalue weighted by atomic mass is 10.2. The van der Waals surface area contributed by atoms with Crippen LogP contribution >= 0.6 is 0 Å². The van der Waals surface area contributed by atoms with Crippen LogP contribution in [0.4, 0.5) is 11.6 Å². The molecule has 1 unspecified atom stereocenters. The molecule has 2 rings (SSSR count). The second-order valence-corrected chi connectivity index (χ2v) is 7.32. The Morgan fingerprint density at radius 3 is 2.50 bits per heavy atom. The van der Waals surface area contributed by atoms with Gasteiger partial charge in [-0.05, 0) is 20.3 Å². The van der Waals surface area contributed by atoms with Gasteiger partial charge in [0.05, 0.1) is 11.5 Å². The lowest BCUT2D eigenvalue weighted by Crippen LogP contribution is -2.23. The maximum Gasteiger partial charge on any atom is 0.152 e. The van der Waals surface area contributed by atoms with Gasteiger partial charge in [-0.15, -0.1) is 0 Å². The Bertz CT molecular complexity index is 586. The van der Waals surface area contributed by atoms with E-state index in [4.69, 9.17) is 0 Å². The minimum absolute atomic E-state index is 0.0483. The Labute approximate surface area is 120 Å². The second kappa shape index (κ2) is 5.95. The zero-order valence-corrected chi connectivity index (χ0v) is 13.0. The van der Waals surface area contributed by atoms with E-state index < -0.39 is 9.84 Å². The Morgan fingerprint density at radius 1 is 1.25 bits per heavy atom. The molecule has 0 spiro atoms. The van der Waals surface area contributed by atoms with E-state index in [-0.39, 0.29) is 17.5 Å². The minimum atomic E-state index is -2.89. The lowest BCUT2D eigenvalue weighted by Gasteiger charge is -2.17. The van der Waals surface area contributed by atoms with Crippen LogP contribution in [0.25, 0.3) is 0 Å². The molecule has 0 bridgehead atoms. The van der Waals surface area contributed by atoms with Gasteiger partial charge < -0.3 is 10.6 Å². The Morgan fingerprint density at radius 2 is 1.95 bits per heavy atom. The number of rotatable bonds is 5. The van der Waals surface area contributed by atoms with E-state index in [1.54, 1.807) is 0 Å². The fourth-order valence-electron chi connectivity index (χ4n) is 2.30. The lowest BCUT2D eigenvalue weighted by molar-refractivity contribution is 0.602. The predicted octanol–water partition coefficient (Wildman–Crippen LogP) is 1.38. The molecule has 1 saturated heterocycles. The summed E-state index contributed by atoms with van der Waals surface area (Å²) in [5, 5.41) is 6.49. The van der Waals surface area contributed by atoms with E-state index in [0.717, 1.165) is 36.0 Å². The molecule has 1 aliphatic rings. The molecule has 1 aliphatic heterocycles. The highest BCUT2D eigenvalue weighted by Crippen LogP contribution is 2.23. The summed E-state index contributed by atoms with van der Waals surface area (Å²) in [6.45, 7) is 6.76. The Hall–Kier alpha value is -1.37. The number of nitrogens with zero attached hydrogens (tertiary/aromatic N) is 2. The van der Waals surface area contributed by atoms with Gasteiger partial charge in [0.2, 0.25) is 0 Å². The molecule has 1 aromatic rings. The number of hydrogen-bond acceptors (Lipinski definition) is 6. The van der Waals surface area contributed by atoms with Crippen molar-refractivity contribution >= 4 is 21.5 Å². The maximum absolute atomic E-state index is 11.5. The smallest absolute Gasteiger partial charge is 0.152 e. The molecule has 2 heterocycles. The highest BCUT2D eigenvalue weighted by molar-refractivity contribution is 7.91. The zero-order valence-electron chi connectivity index (χ0n) is 12.2. The first-order valence-corrected chi connectivity index (χ1v) is 8.85. The molecule has 1 fully saturated rings. The van der Waals surface area contributed by atoms with E-state index in [1.165, 1.54) is 0 Å². The summed E-state index contributed by atoms with van der Waals surface area (Å²) in [6, 6.07) is -0.0483. The first kappa shape index (κ1) is 15.0. The molecule has 0 saturated carbocycles. The first-order valence-electron chi connectivity index (χ1n) is 7.03. The molecule has 112 valence electrons. The Balaban J connectivity index is 2.24. The van der Waals surface area contributed by atoms with Crippen molar-refractivity contribution in [1.82, 2.24) is 9.97 Å². The van der Waals surface area contributed by atoms with Crippen molar-refractivity contribution in [3.63, 3.8) is 0 Å². The molecule has 0 aliphatic carbocycles. The molecule has 20 heavy (non-hydrogen) atoms. The number of sulfone groups is 1. The number of aromatic nitrogens is 2. The SMILES string of the molecule is CCNc1nc(CC)nc(NC2CCS(=O)(=O)C2)c1C. The topological polar surface area (TPSA) is 84.0 Å². The third kappa shape index (κ3) is 3.39. The molecular weight excluding hydrogens is 276 g/mol. The van der Waals surface area contributed by atoms with Gasteiger partial charge in [0.25, 0.3) is 0 Å². The predicted molar refractivity (Wildman–Crippen MR) is 81.0 cm³/mol. The van der Waals surface area contributed by atoms with Crippen molar-refractivity contribution in [3.8, 4) is 0 Å². The van der Waals surface area contributed by atoms with Crippen molar-refractivity contribution in [2.45, 2.75) is 39.7 Å². The van der Waals surface area contributed by atoms with Gasteiger partial charge in [-0.2, -0.15) is 0 Å². The van der Waals surface area contributed by atoms with Gasteiger partial charge in [-0.1, -0.05) is 6.92 Å². The highest BCUT2D eigenvalue weighted by Gasteiger charge is 2.28. The monoisotopic (exact) mass is 298 g/mol. The van der Waals surface area contributed by atoms with Crippen LogP contribution in [0, 0.1) is 6.92 Å². The van der Waals surface area contributed by atoms with Crippen LogP contribution in [0.5, 0.6) is 0 Å². The zero-order chi connectivity index (χ0) is 14.8. The molecule has 0 amide bonds. The van der Waals surface area contributed by atoms with Crippen molar-refractivity contribution in [2.24, 2.45) is 0 Å². The van der Waals surface area contributed by atoms with Crippen LogP contribution in [0.15, 0.2) is 0 Å². The molecule has 6 nitrogen and oxygen atoms in total. The average Bonchev–Trinajstić information content (AvgIpc) is 2.73. The third-order valence-corrected chi connectivity index (χ3v) is 5.19. The summed E-state index contributed by atoms with van der Waals surface area (Å²) in [5.74, 6) is 2.77. The van der Waals surface area contributed by atoms with E-state index in [2.05, 4.69) is 20.6 Å². The third-order valence-electron chi connectivity index (χ3n) is 3.43. The summed E-state index contributed by atoms with van der Waals surface area (Å²) in [5.41, 5.74) is 0.938. The number of aryl methyl sites for hydroxylation is 1. The van der Waals surface area contributed by atoms with Crippen LogP contribution in [0.3, 0.4) is 0 Å². The number of anilines is 2.